The van der Waals surface area contributed by atoms with E-state index < -0.39 is 5.97 Å². The lowest BCUT2D eigenvalue weighted by Gasteiger charge is -2.14. The van der Waals surface area contributed by atoms with Crippen molar-refractivity contribution in [2.45, 2.75) is 48.5 Å². The summed E-state index contributed by atoms with van der Waals surface area (Å²) in [4.78, 5) is 30.3. The number of benzene rings is 1. The Kier molecular flexibility index (Phi) is 6.27. The third kappa shape index (κ3) is 3.98. The maximum Gasteiger partial charge on any atom is 0.350 e. The lowest BCUT2D eigenvalue weighted by Crippen LogP contribution is -2.21. The summed E-state index contributed by atoms with van der Waals surface area (Å²) in [5.41, 5.74) is 8.32. The molecule has 0 unspecified atom stereocenters. The maximum absolute atomic E-state index is 13.3. The van der Waals surface area contributed by atoms with Crippen LogP contribution in [0.2, 0.25) is 0 Å². The Hall–Kier alpha value is -3.52. The lowest BCUT2D eigenvalue weighted by atomic mass is 10.1. The summed E-state index contributed by atoms with van der Waals surface area (Å²) in [6, 6.07) is 8.36. The molecule has 34 heavy (non-hydrogen) atoms. The fourth-order valence-corrected chi connectivity index (χ4v) is 5.02. The fraction of sp³-hybridized carbons (Fsp3) is 0.308. The first-order valence-electron chi connectivity index (χ1n) is 11.2. The monoisotopic (exact) mass is 476 g/mol. The first-order chi connectivity index (χ1) is 16.1. The molecule has 0 saturated carbocycles. The van der Waals surface area contributed by atoms with Crippen molar-refractivity contribution in [2.24, 2.45) is 5.10 Å². The summed E-state index contributed by atoms with van der Waals surface area (Å²) in [5, 5.41) is 6.07. The van der Waals surface area contributed by atoms with Gasteiger partial charge in [0, 0.05) is 17.1 Å². The number of rotatable bonds is 5. The summed E-state index contributed by atoms with van der Waals surface area (Å²) in [5.74, 6) is -0.705. The molecule has 0 atom stereocenters. The highest BCUT2D eigenvalue weighted by molar-refractivity contribution is 7.17. The van der Waals surface area contributed by atoms with Crippen LogP contribution in [0.1, 0.15) is 57.3 Å². The molecule has 2 aromatic heterocycles. The Morgan fingerprint density at radius 3 is 2.59 bits per heavy atom. The Bertz CT molecular complexity index is 1380. The molecule has 176 valence electrons. The molecule has 0 radical (unpaired) electrons. The molecule has 0 fully saturated rings. The van der Waals surface area contributed by atoms with Crippen LogP contribution in [0, 0.1) is 34.6 Å². The molecular weight excluding hydrogens is 448 g/mol. The molecule has 0 N–H and O–H groups in total. The molecule has 1 amide bonds. The van der Waals surface area contributed by atoms with Crippen LogP contribution in [-0.4, -0.2) is 33.7 Å². The minimum atomic E-state index is -0.439. The summed E-state index contributed by atoms with van der Waals surface area (Å²) in [7, 11) is 0. The zero-order chi connectivity index (χ0) is 24.7. The van der Waals surface area contributed by atoms with Gasteiger partial charge in [-0.05, 0) is 83.4 Å². The molecule has 0 bridgehead atoms. The van der Waals surface area contributed by atoms with Crippen LogP contribution in [0.4, 0.5) is 5.13 Å². The van der Waals surface area contributed by atoms with Crippen LogP contribution in [0.15, 0.2) is 34.9 Å². The number of hydrazone groups is 1. The number of thiazole rings is 1. The van der Waals surface area contributed by atoms with Crippen LogP contribution in [0.5, 0.6) is 0 Å². The molecule has 1 aromatic carbocycles. The number of carbonyl (C=O) groups excluding carboxylic acids is 2. The highest BCUT2D eigenvalue weighted by Crippen LogP contribution is 2.32. The number of aryl methyl sites for hydroxylation is 3. The average Bonchev–Trinajstić information content (AvgIpc) is 3.39. The Labute approximate surface area is 203 Å². The molecule has 1 aliphatic heterocycles. The van der Waals surface area contributed by atoms with Gasteiger partial charge in [-0.25, -0.2) is 9.78 Å². The van der Waals surface area contributed by atoms with E-state index in [0.717, 1.165) is 34.0 Å². The van der Waals surface area contributed by atoms with Gasteiger partial charge in [-0.2, -0.15) is 10.1 Å². The number of hydrogen-bond acceptors (Lipinski definition) is 6. The van der Waals surface area contributed by atoms with Gasteiger partial charge in [-0.1, -0.05) is 23.5 Å². The lowest BCUT2D eigenvalue weighted by molar-refractivity contribution is -0.114. The summed E-state index contributed by atoms with van der Waals surface area (Å²) in [6.07, 6.45) is 1.89. The van der Waals surface area contributed by atoms with Crippen molar-refractivity contribution in [2.75, 3.05) is 11.6 Å². The molecule has 4 rings (SSSR count). The maximum atomic E-state index is 13.3. The number of ether oxygens (including phenoxy) is 1. The molecule has 0 spiro atoms. The van der Waals surface area contributed by atoms with E-state index in [4.69, 9.17) is 4.74 Å². The quantitative estimate of drug-likeness (QED) is 0.362. The molecule has 1 aliphatic rings. The second-order valence-corrected chi connectivity index (χ2v) is 9.35. The fourth-order valence-electron chi connectivity index (χ4n) is 4.11. The summed E-state index contributed by atoms with van der Waals surface area (Å²) in [6.45, 7) is 13.9. The standard InChI is InChI=1S/C26H28N4O3S/c1-8-33-25(32)23-18(6)27-26(34-23)30-24(31)21(17(5)28-30)13-20-12-15(3)29(19(20)7)22-11-9-10-14(2)16(22)4/h9-13H,8H2,1-7H3. The number of aromatic nitrogens is 2. The molecule has 0 aliphatic carbocycles. The van der Waals surface area contributed by atoms with Gasteiger partial charge in [0.2, 0.25) is 5.13 Å². The predicted octanol–water partition coefficient (Wildman–Crippen LogP) is 5.46. The SMILES string of the molecule is CCOC(=O)c1sc(N2N=C(C)C(=Cc3cc(C)n(-c4cccc(C)c4C)c3C)C2=O)nc1C. The van der Waals surface area contributed by atoms with Gasteiger partial charge in [-0.15, -0.1) is 0 Å². The third-order valence-corrected chi connectivity index (χ3v) is 7.19. The van der Waals surface area contributed by atoms with Gasteiger partial charge in [0.15, 0.2) is 0 Å². The largest absolute Gasteiger partial charge is 0.462 e. The molecule has 3 heterocycles. The van der Waals surface area contributed by atoms with E-state index in [1.165, 1.54) is 16.1 Å². The number of carbonyl (C=O) groups is 2. The smallest absolute Gasteiger partial charge is 0.350 e. The van der Waals surface area contributed by atoms with E-state index in [1.807, 2.05) is 6.08 Å². The Balaban J connectivity index is 1.69. The van der Waals surface area contributed by atoms with Crippen LogP contribution in [0.25, 0.3) is 11.8 Å². The van der Waals surface area contributed by atoms with Gasteiger partial charge < -0.3 is 9.30 Å². The summed E-state index contributed by atoms with van der Waals surface area (Å²) >= 11 is 1.11. The number of esters is 1. The van der Waals surface area contributed by atoms with Crippen molar-refractivity contribution in [3.63, 3.8) is 0 Å². The highest BCUT2D eigenvalue weighted by atomic mass is 32.1. The van der Waals surface area contributed by atoms with E-state index >= 15 is 0 Å². The number of nitrogens with zero attached hydrogens (tertiary/aromatic N) is 4. The van der Waals surface area contributed by atoms with Gasteiger partial charge in [0.25, 0.3) is 5.91 Å². The minimum absolute atomic E-state index is 0.266. The number of anilines is 1. The van der Waals surface area contributed by atoms with Gasteiger partial charge in [0.05, 0.1) is 23.6 Å². The topological polar surface area (TPSA) is 76.8 Å². The van der Waals surface area contributed by atoms with Crippen LogP contribution < -0.4 is 5.01 Å². The van der Waals surface area contributed by atoms with Crippen LogP contribution >= 0.6 is 11.3 Å². The van der Waals surface area contributed by atoms with Gasteiger partial charge in [-0.3, -0.25) is 4.79 Å². The van der Waals surface area contributed by atoms with E-state index in [1.54, 1.807) is 20.8 Å². The zero-order valence-corrected chi connectivity index (χ0v) is 21.3. The molecule has 8 heteroatoms. The van der Waals surface area contributed by atoms with E-state index in [-0.39, 0.29) is 12.5 Å². The Morgan fingerprint density at radius 2 is 1.88 bits per heavy atom. The summed E-state index contributed by atoms with van der Waals surface area (Å²) < 4.78 is 7.31. The first-order valence-corrected chi connectivity index (χ1v) is 12.0. The van der Waals surface area contributed by atoms with Gasteiger partial charge >= 0.3 is 5.97 Å². The third-order valence-electron chi connectivity index (χ3n) is 6.08. The van der Waals surface area contributed by atoms with E-state index in [2.05, 4.69) is 66.6 Å². The average molecular weight is 477 g/mol. The number of amides is 1. The molecule has 3 aromatic rings. The normalized spacial score (nSPS) is 14.8. The zero-order valence-electron chi connectivity index (χ0n) is 20.5. The van der Waals surface area contributed by atoms with Crippen molar-refractivity contribution in [3.05, 3.63) is 68.5 Å². The second-order valence-electron chi connectivity index (χ2n) is 8.37. The van der Waals surface area contributed by atoms with Gasteiger partial charge in [0.1, 0.15) is 4.88 Å². The second kappa shape index (κ2) is 9.02. The molecule has 0 saturated heterocycles. The van der Waals surface area contributed by atoms with Crippen molar-refractivity contribution >= 4 is 40.1 Å². The molecular formula is C26H28N4O3S. The predicted molar refractivity (Wildman–Crippen MR) is 136 cm³/mol. The van der Waals surface area contributed by atoms with Crippen molar-refractivity contribution in [1.82, 2.24) is 9.55 Å². The van der Waals surface area contributed by atoms with Crippen molar-refractivity contribution in [3.8, 4) is 5.69 Å². The van der Waals surface area contributed by atoms with E-state index in [9.17, 15) is 9.59 Å². The Morgan fingerprint density at radius 1 is 1.15 bits per heavy atom. The highest BCUT2D eigenvalue weighted by Gasteiger charge is 2.32. The van der Waals surface area contributed by atoms with Crippen molar-refractivity contribution in [1.29, 1.82) is 0 Å². The first kappa shape index (κ1) is 23.6. The van der Waals surface area contributed by atoms with E-state index in [0.29, 0.717) is 27.0 Å². The van der Waals surface area contributed by atoms with Crippen molar-refractivity contribution < 1.29 is 14.3 Å². The minimum Gasteiger partial charge on any atom is -0.462 e. The van der Waals surface area contributed by atoms with Crippen LogP contribution in [-0.2, 0) is 9.53 Å². The molecule has 7 nitrogen and oxygen atoms in total. The number of hydrogen-bond donors (Lipinski definition) is 0. The van der Waals surface area contributed by atoms with Crippen LogP contribution in [0.3, 0.4) is 0 Å².